The van der Waals surface area contributed by atoms with E-state index in [2.05, 4.69) is 10.3 Å². The number of pyridine rings is 1. The van der Waals surface area contributed by atoms with Gasteiger partial charge in [0, 0.05) is 12.1 Å². The van der Waals surface area contributed by atoms with E-state index in [4.69, 9.17) is 17.0 Å². The van der Waals surface area contributed by atoms with E-state index >= 15 is 0 Å². The average molecular weight is 474 g/mol. The molecule has 2 heterocycles. The number of nitro groups is 1. The SMILES string of the molecule is CCc1ccc(N2C(=O)/C(=C/c3ccc(Oc4ccc([N+](=O)[O-])cn4)cc3)C(=O)NC2=S)cc1. The third-order valence-electron chi connectivity index (χ3n) is 5.05. The molecule has 1 aliphatic heterocycles. The fourth-order valence-electron chi connectivity index (χ4n) is 3.23. The molecule has 0 saturated carbocycles. The summed E-state index contributed by atoms with van der Waals surface area (Å²) in [5.74, 6) is -0.473. The zero-order valence-corrected chi connectivity index (χ0v) is 18.7. The predicted molar refractivity (Wildman–Crippen MR) is 129 cm³/mol. The van der Waals surface area contributed by atoms with Gasteiger partial charge in [-0.05, 0) is 60.1 Å². The number of anilines is 1. The lowest BCUT2D eigenvalue weighted by Crippen LogP contribution is -2.54. The van der Waals surface area contributed by atoms with Gasteiger partial charge in [-0.3, -0.25) is 29.9 Å². The van der Waals surface area contributed by atoms with Crippen LogP contribution in [0.4, 0.5) is 11.4 Å². The Morgan fingerprint density at radius 1 is 1.09 bits per heavy atom. The zero-order chi connectivity index (χ0) is 24.2. The van der Waals surface area contributed by atoms with E-state index in [0.717, 1.165) is 18.2 Å². The van der Waals surface area contributed by atoms with Crippen molar-refractivity contribution in [2.24, 2.45) is 0 Å². The molecule has 1 aromatic heterocycles. The van der Waals surface area contributed by atoms with E-state index in [0.29, 0.717) is 17.0 Å². The molecule has 1 N–H and O–H groups in total. The molecule has 0 radical (unpaired) electrons. The van der Waals surface area contributed by atoms with Crippen LogP contribution in [0.15, 0.2) is 72.4 Å². The van der Waals surface area contributed by atoms with E-state index in [-0.39, 0.29) is 22.3 Å². The second-order valence-corrected chi connectivity index (χ2v) is 7.65. The van der Waals surface area contributed by atoms with E-state index in [1.165, 1.54) is 23.1 Å². The number of nitrogens with one attached hydrogen (secondary N) is 1. The summed E-state index contributed by atoms with van der Waals surface area (Å²) >= 11 is 5.23. The molecule has 4 rings (SSSR count). The van der Waals surface area contributed by atoms with Gasteiger partial charge in [-0.2, -0.15) is 0 Å². The molecule has 9 nitrogen and oxygen atoms in total. The Labute approximate surface area is 199 Å². The summed E-state index contributed by atoms with van der Waals surface area (Å²) in [5.41, 5.74) is 2.08. The number of hydrogen-bond acceptors (Lipinski definition) is 7. The van der Waals surface area contributed by atoms with E-state index in [1.54, 1.807) is 36.4 Å². The maximum Gasteiger partial charge on any atom is 0.287 e. The Balaban J connectivity index is 1.53. The largest absolute Gasteiger partial charge is 0.439 e. The molecule has 34 heavy (non-hydrogen) atoms. The first-order valence-electron chi connectivity index (χ1n) is 10.2. The Hall–Kier alpha value is -4.44. The molecule has 0 spiro atoms. The van der Waals surface area contributed by atoms with Crippen LogP contribution in [0.2, 0.25) is 0 Å². The van der Waals surface area contributed by atoms with Crippen LogP contribution in [0.25, 0.3) is 6.08 Å². The highest BCUT2D eigenvalue weighted by Crippen LogP contribution is 2.25. The zero-order valence-electron chi connectivity index (χ0n) is 17.9. The summed E-state index contributed by atoms with van der Waals surface area (Å²) in [7, 11) is 0. The molecule has 0 bridgehead atoms. The Bertz CT molecular complexity index is 1300. The van der Waals surface area contributed by atoms with Crippen LogP contribution in [0.3, 0.4) is 0 Å². The number of carbonyl (C=O) groups is 2. The monoisotopic (exact) mass is 474 g/mol. The minimum atomic E-state index is -0.577. The third-order valence-corrected chi connectivity index (χ3v) is 5.33. The highest BCUT2D eigenvalue weighted by Gasteiger charge is 2.34. The predicted octanol–water partition coefficient (Wildman–Crippen LogP) is 4.18. The van der Waals surface area contributed by atoms with Gasteiger partial charge >= 0.3 is 0 Å². The van der Waals surface area contributed by atoms with Gasteiger partial charge in [-0.25, -0.2) is 4.98 Å². The molecule has 1 saturated heterocycles. The van der Waals surface area contributed by atoms with Gasteiger partial charge in [0.1, 0.15) is 17.5 Å². The summed E-state index contributed by atoms with van der Waals surface area (Å²) in [6, 6.07) is 16.7. The number of benzene rings is 2. The topological polar surface area (TPSA) is 115 Å². The first kappa shape index (κ1) is 22.7. The summed E-state index contributed by atoms with van der Waals surface area (Å²) in [6.45, 7) is 2.03. The Kier molecular flexibility index (Phi) is 6.42. The Morgan fingerprint density at radius 2 is 1.79 bits per heavy atom. The molecule has 170 valence electrons. The lowest BCUT2D eigenvalue weighted by molar-refractivity contribution is -0.385. The summed E-state index contributed by atoms with van der Waals surface area (Å²) in [6.07, 6.45) is 3.44. The van der Waals surface area contributed by atoms with Gasteiger partial charge in [0.2, 0.25) is 5.88 Å². The normalized spacial score (nSPS) is 14.8. The number of ether oxygens (including phenoxy) is 1. The molecule has 0 atom stereocenters. The number of aryl methyl sites for hydroxylation is 1. The molecule has 10 heteroatoms. The van der Waals surface area contributed by atoms with Gasteiger partial charge in [0.15, 0.2) is 5.11 Å². The van der Waals surface area contributed by atoms with Crippen LogP contribution in [0.5, 0.6) is 11.6 Å². The van der Waals surface area contributed by atoms with Crippen molar-refractivity contribution in [3.63, 3.8) is 0 Å². The van der Waals surface area contributed by atoms with Crippen molar-refractivity contribution >= 4 is 46.6 Å². The first-order valence-corrected chi connectivity index (χ1v) is 10.7. The second kappa shape index (κ2) is 9.59. The van der Waals surface area contributed by atoms with Gasteiger partial charge in [-0.1, -0.05) is 31.2 Å². The maximum atomic E-state index is 13.1. The van der Waals surface area contributed by atoms with Crippen molar-refractivity contribution < 1.29 is 19.2 Å². The standard InChI is InChI=1S/C24H18N4O5S/c1-2-15-3-7-17(8-4-15)27-23(30)20(22(29)26-24(27)34)13-16-5-10-19(11-6-16)33-21-12-9-18(14-25-21)28(31)32/h3-14H,2H2,1H3,(H,26,29,34)/b20-13+. The molecule has 3 aromatic rings. The maximum absolute atomic E-state index is 13.1. The second-order valence-electron chi connectivity index (χ2n) is 7.26. The number of nitrogens with zero attached hydrogens (tertiary/aromatic N) is 3. The van der Waals surface area contributed by atoms with Crippen LogP contribution >= 0.6 is 12.2 Å². The molecule has 0 aliphatic carbocycles. The molecule has 1 aliphatic rings. The van der Waals surface area contributed by atoms with Crippen LogP contribution < -0.4 is 15.0 Å². The van der Waals surface area contributed by atoms with Gasteiger partial charge < -0.3 is 4.74 Å². The van der Waals surface area contributed by atoms with E-state index < -0.39 is 16.7 Å². The van der Waals surface area contributed by atoms with Crippen LogP contribution in [0, 0.1) is 10.1 Å². The fraction of sp³-hybridized carbons (Fsp3) is 0.0833. The highest BCUT2D eigenvalue weighted by atomic mass is 32.1. The molecule has 1 fully saturated rings. The Morgan fingerprint density at radius 3 is 2.38 bits per heavy atom. The van der Waals surface area contributed by atoms with E-state index in [1.807, 2.05) is 19.1 Å². The van der Waals surface area contributed by atoms with Crippen molar-refractivity contribution in [3.8, 4) is 11.6 Å². The molecule has 2 aromatic carbocycles. The fourth-order valence-corrected chi connectivity index (χ4v) is 3.51. The van der Waals surface area contributed by atoms with Gasteiger partial charge in [0.25, 0.3) is 17.5 Å². The van der Waals surface area contributed by atoms with Crippen molar-refractivity contribution in [2.75, 3.05) is 4.90 Å². The number of rotatable bonds is 6. The van der Waals surface area contributed by atoms with Crippen molar-refractivity contribution in [1.82, 2.24) is 10.3 Å². The summed E-state index contributed by atoms with van der Waals surface area (Å²) in [4.78, 5) is 41.0. The number of thiocarbonyl (C=S) groups is 1. The van der Waals surface area contributed by atoms with Gasteiger partial charge in [0.05, 0.1) is 10.6 Å². The minimum Gasteiger partial charge on any atom is -0.439 e. The number of amides is 2. The number of hydrogen-bond donors (Lipinski definition) is 1. The van der Waals surface area contributed by atoms with Gasteiger partial charge in [-0.15, -0.1) is 0 Å². The van der Waals surface area contributed by atoms with E-state index in [9.17, 15) is 19.7 Å². The minimum absolute atomic E-state index is 0.0238. The van der Waals surface area contributed by atoms with Crippen molar-refractivity contribution in [3.05, 3.63) is 93.7 Å². The first-order chi connectivity index (χ1) is 16.4. The third kappa shape index (κ3) is 4.81. The molecular weight excluding hydrogens is 456 g/mol. The summed E-state index contributed by atoms with van der Waals surface area (Å²) in [5, 5.41) is 13.3. The van der Waals surface area contributed by atoms with Crippen LogP contribution in [0.1, 0.15) is 18.1 Å². The molecular formula is C24H18N4O5S. The average Bonchev–Trinajstić information content (AvgIpc) is 2.83. The lowest BCUT2D eigenvalue weighted by atomic mass is 10.1. The molecule has 0 unspecified atom stereocenters. The number of aromatic nitrogens is 1. The van der Waals surface area contributed by atoms with Crippen LogP contribution in [-0.2, 0) is 16.0 Å². The number of carbonyl (C=O) groups excluding carboxylic acids is 2. The summed E-state index contributed by atoms with van der Waals surface area (Å²) < 4.78 is 5.58. The molecule has 2 amide bonds. The van der Waals surface area contributed by atoms with Crippen molar-refractivity contribution in [1.29, 1.82) is 0 Å². The van der Waals surface area contributed by atoms with Crippen molar-refractivity contribution in [2.45, 2.75) is 13.3 Å². The lowest BCUT2D eigenvalue weighted by Gasteiger charge is -2.29. The highest BCUT2D eigenvalue weighted by molar-refractivity contribution is 7.80. The van der Waals surface area contributed by atoms with Crippen LogP contribution in [-0.4, -0.2) is 26.8 Å². The quantitative estimate of drug-likeness (QED) is 0.187. The smallest absolute Gasteiger partial charge is 0.287 e.